The minimum absolute atomic E-state index is 0.0997. The van der Waals surface area contributed by atoms with Gasteiger partial charge >= 0.3 is 0 Å². The first-order valence-electron chi connectivity index (χ1n) is 7.79. The van der Waals surface area contributed by atoms with Gasteiger partial charge in [0.05, 0.1) is 16.5 Å². The first-order valence-corrected chi connectivity index (χ1v) is 10.2. The molecule has 1 aliphatic rings. The highest BCUT2D eigenvalue weighted by Gasteiger charge is 2.25. The van der Waals surface area contributed by atoms with Crippen LogP contribution in [0.2, 0.25) is 10.0 Å². The molecule has 0 amide bonds. The van der Waals surface area contributed by atoms with Crippen LogP contribution >= 0.6 is 23.2 Å². The van der Waals surface area contributed by atoms with Gasteiger partial charge in [0, 0.05) is 10.7 Å². The minimum Gasteiger partial charge on any atom is -0.505 e. The summed E-state index contributed by atoms with van der Waals surface area (Å²) in [4.78, 5) is -0.269. The molecule has 0 bridgehead atoms. The fourth-order valence-electron chi connectivity index (χ4n) is 2.76. The lowest BCUT2D eigenvalue weighted by Crippen LogP contribution is -2.17. The van der Waals surface area contributed by atoms with E-state index >= 15 is 0 Å². The number of fused-ring (bicyclic) bond motifs is 1. The molecule has 0 fully saturated rings. The monoisotopic (exact) mass is 413 g/mol. The predicted molar refractivity (Wildman–Crippen MR) is 103 cm³/mol. The van der Waals surface area contributed by atoms with Gasteiger partial charge in [-0.15, -0.1) is 0 Å². The summed E-state index contributed by atoms with van der Waals surface area (Å²) < 4.78 is 31.0. The van der Waals surface area contributed by atoms with Crippen molar-refractivity contribution in [2.24, 2.45) is 0 Å². The lowest BCUT2D eigenvalue weighted by molar-refractivity contribution is 0.346. The first kappa shape index (κ1) is 18.9. The van der Waals surface area contributed by atoms with Crippen molar-refractivity contribution >= 4 is 38.7 Å². The molecular formula is C18H17Cl2NO4S. The number of anilines is 1. The van der Waals surface area contributed by atoms with Gasteiger partial charge < -0.3 is 15.2 Å². The quantitative estimate of drug-likeness (QED) is 0.765. The van der Waals surface area contributed by atoms with Gasteiger partial charge in [-0.3, -0.25) is 0 Å². The Labute approximate surface area is 162 Å². The number of halogens is 2. The van der Waals surface area contributed by atoms with E-state index in [2.05, 4.69) is 11.9 Å². The Morgan fingerprint density at radius 1 is 1.31 bits per heavy atom. The highest BCUT2D eigenvalue weighted by Crippen LogP contribution is 2.37. The van der Waals surface area contributed by atoms with Crippen LogP contribution in [0.15, 0.2) is 47.5 Å². The van der Waals surface area contributed by atoms with E-state index in [0.717, 1.165) is 16.9 Å². The molecule has 5 nitrogen and oxygen atoms in total. The van der Waals surface area contributed by atoms with Crippen LogP contribution in [-0.2, 0) is 9.84 Å². The number of nitrogens with one attached hydrogen (secondary N) is 1. The van der Waals surface area contributed by atoms with Crippen LogP contribution in [0, 0.1) is 0 Å². The van der Waals surface area contributed by atoms with Crippen LogP contribution in [0.5, 0.6) is 11.5 Å². The number of phenols is 1. The molecule has 0 aliphatic carbocycles. The number of hydrogen-bond donors (Lipinski definition) is 2. The van der Waals surface area contributed by atoms with Crippen LogP contribution in [0.1, 0.15) is 18.4 Å². The van der Waals surface area contributed by atoms with Crippen LogP contribution < -0.4 is 10.1 Å². The number of hydrogen-bond acceptors (Lipinski definition) is 5. The number of ether oxygens (including phenoxy) is 1. The summed E-state index contributed by atoms with van der Waals surface area (Å²) in [5.41, 5.74) is 2.29. The molecule has 1 atom stereocenters. The predicted octanol–water partition coefficient (Wildman–Crippen LogP) is 4.59. The van der Waals surface area contributed by atoms with E-state index in [1.54, 1.807) is 13.0 Å². The Morgan fingerprint density at radius 2 is 2.04 bits per heavy atom. The van der Waals surface area contributed by atoms with E-state index in [4.69, 9.17) is 27.9 Å². The lowest BCUT2D eigenvalue weighted by atomic mass is 10.0. The van der Waals surface area contributed by atoms with E-state index in [9.17, 15) is 13.5 Å². The van der Waals surface area contributed by atoms with Gasteiger partial charge in [-0.1, -0.05) is 42.8 Å². The van der Waals surface area contributed by atoms with Gasteiger partial charge in [0.25, 0.3) is 0 Å². The van der Waals surface area contributed by atoms with Crippen LogP contribution in [0.25, 0.3) is 0 Å². The summed E-state index contributed by atoms with van der Waals surface area (Å²) in [7, 11) is -3.80. The largest absolute Gasteiger partial charge is 0.505 e. The molecule has 1 aliphatic heterocycles. The number of rotatable bonds is 4. The van der Waals surface area contributed by atoms with Gasteiger partial charge in [-0.25, -0.2) is 8.42 Å². The van der Waals surface area contributed by atoms with E-state index in [-0.39, 0.29) is 26.6 Å². The molecule has 3 rings (SSSR count). The molecule has 1 heterocycles. The molecule has 0 aromatic heterocycles. The van der Waals surface area contributed by atoms with Crippen molar-refractivity contribution in [1.82, 2.24) is 0 Å². The zero-order valence-corrected chi connectivity index (χ0v) is 16.2. The second-order valence-corrected chi connectivity index (χ2v) is 9.04. The summed E-state index contributed by atoms with van der Waals surface area (Å²) in [5, 5.41) is 13.2. The molecule has 1 unspecified atom stereocenters. The summed E-state index contributed by atoms with van der Waals surface area (Å²) in [5.74, 6) is -0.340. The van der Waals surface area contributed by atoms with Gasteiger partial charge in [-0.05, 0) is 35.7 Å². The molecule has 0 saturated carbocycles. The molecule has 2 N–H and O–H groups in total. The van der Waals surface area contributed by atoms with E-state index in [1.165, 1.54) is 12.1 Å². The highest BCUT2D eigenvalue weighted by molar-refractivity contribution is 7.91. The van der Waals surface area contributed by atoms with Crippen LogP contribution in [-0.4, -0.2) is 25.9 Å². The Kier molecular flexibility index (Phi) is 5.10. The SMILES string of the molecule is C=C1COc2ccc(C(C)CS(=O)(=O)c3cc(Cl)cc(Cl)c3O)cc2N1. The highest BCUT2D eigenvalue weighted by atomic mass is 35.5. The summed E-state index contributed by atoms with van der Waals surface area (Å²) in [6, 6.07) is 7.95. The molecule has 2 aromatic rings. The lowest BCUT2D eigenvalue weighted by Gasteiger charge is -2.23. The average molecular weight is 414 g/mol. The van der Waals surface area contributed by atoms with Gasteiger partial charge in [0.1, 0.15) is 17.3 Å². The second kappa shape index (κ2) is 7.02. The fourth-order valence-corrected chi connectivity index (χ4v) is 5.12. The molecule has 0 radical (unpaired) electrons. The molecule has 26 heavy (non-hydrogen) atoms. The third-order valence-electron chi connectivity index (χ3n) is 4.08. The number of benzene rings is 2. The van der Waals surface area contributed by atoms with Crippen molar-refractivity contribution in [3.63, 3.8) is 0 Å². The molecule has 0 saturated heterocycles. The smallest absolute Gasteiger partial charge is 0.182 e. The number of phenolic OH excluding ortho intramolecular Hbond substituents is 1. The molecular weight excluding hydrogens is 397 g/mol. The average Bonchev–Trinajstić information content (AvgIpc) is 2.56. The number of aromatic hydroxyl groups is 1. The second-order valence-electron chi connectivity index (χ2n) is 6.19. The van der Waals surface area contributed by atoms with E-state index < -0.39 is 15.6 Å². The Bertz CT molecular complexity index is 989. The van der Waals surface area contributed by atoms with Gasteiger partial charge in [0.2, 0.25) is 0 Å². The van der Waals surface area contributed by atoms with Crippen LogP contribution in [0.4, 0.5) is 5.69 Å². The summed E-state index contributed by atoms with van der Waals surface area (Å²) in [6.45, 7) is 6.01. The molecule has 2 aromatic carbocycles. The zero-order chi connectivity index (χ0) is 19.1. The minimum atomic E-state index is -3.80. The Balaban J connectivity index is 1.89. The van der Waals surface area contributed by atoms with Gasteiger partial charge in [-0.2, -0.15) is 0 Å². The zero-order valence-electron chi connectivity index (χ0n) is 13.9. The van der Waals surface area contributed by atoms with Crippen molar-refractivity contribution < 1.29 is 18.3 Å². The topological polar surface area (TPSA) is 75.6 Å². The van der Waals surface area contributed by atoms with Crippen molar-refractivity contribution in [1.29, 1.82) is 0 Å². The summed E-state index contributed by atoms with van der Waals surface area (Å²) >= 11 is 11.7. The van der Waals surface area contributed by atoms with Crippen LogP contribution in [0.3, 0.4) is 0 Å². The third-order valence-corrected chi connectivity index (χ3v) is 6.51. The maximum absolute atomic E-state index is 12.8. The van der Waals surface area contributed by atoms with Crippen molar-refractivity contribution in [3.05, 3.63) is 58.2 Å². The van der Waals surface area contributed by atoms with E-state index in [0.29, 0.717) is 12.4 Å². The van der Waals surface area contributed by atoms with Crippen molar-refractivity contribution in [2.75, 3.05) is 17.7 Å². The maximum atomic E-state index is 12.8. The number of sulfone groups is 1. The molecule has 138 valence electrons. The molecule has 0 spiro atoms. The van der Waals surface area contributed by atoms with Gasteiger partial charge in [0.15, 0.2) is 15.6 Å². The normalized spacial score (nSPS) is 15.0. The Morgan fingerprint density at radius 3 is 2.77 bits per heavy atom. The standard InChI is InChI=1S/C18H17Cl2NO4S/c1-10(12-3-4-16-15(5-12)21-11(2)8-25-16)9-26(23,24)17-7-13(19)6-14(20)18(17)22/h3-7,10,21-22H,2,8-9H2,1H3. The summed E-state index contributed by atoms with van der Waals surface area (Å²) in [6.07, 6.45) is 0. The first-order chi connectivity index (χ1) is 12.2. The van der Waals surface area contributed by atoms with Crippen molar-refractivity contribution in [3.8, 4) is 11.5 Å². The van der Waals surface area contributed by atoms with Crippen molar-refractivity contribution in [2.45, 2.75) is 17.7 Å². The van der Waals surface area contributed by atoms with E-state index in [1.807, 2.05) is 12.1 Å². The fraction of sp³-hybridized carbons (Fsp3) is 0.222. The Hall–Kier alpha value is -1.89. The molecule has 8 heteroatoms. The third kappa shape index (κ3) is 3.77. The maximum Gasteiger partial charge on any atom is 0.182 e.